The van der Waals surface area contributed by atoms with Crippen LogP contribution in [0.2, 0.25) is 0 Å². The molecule has 2 heteroatoms. The molecule has 8 atom stereocenters. The minimum absolute atomic E-state index is 0.575. The van der Waals surface area contributed by atoms with Crippen LogP contribution in [0.4, 0.5) is 0 Å². The van der Waals surface area contributed by atoms with E-state index >= 15 is 0 Å². The summed E-state index contributed by atoms with van der Waals surface area (Å²) in [7, 11) is 2.04. The molecule has 0 amide bonds. The molecule has 0 aromatic carbocycles. The molecule has 204 valence electrons. The number of fused-ring (bicyclic) bond motifs is 2. The zero-order valence-corrected chi connectivity index (χ0v) is 23.8. The fourth-order valence-electron chi connectivity index (χ4n) is 8.87. The predicted octanol–water partition coefficient (Wildman–Crippen LogP) is 8.56. The second-order valence-corrected chi connectivity index (χ2v) is 12.3. The molecule has 0 bridgehead atoms. The first-order chi connectivity index (χ1) is 18.7. The topological polar surface area (TPSA) is 38.0 Å². The summed E-state index contributed by atoms with van der Waals surface area (Å²) < 4.78 is 0. The first kappa shape index (κ1) is 27.1. The van der Waals surface area contributed by atoms with Crippen LogP contribution in [-0.2, 0) is 0 Å². The van der Waals surface area contributed by atoms with E-state index < -0.39 is 0 Å². The van der Waals surface area contributed by atoms with Crippen molar-refractivity contribution < 1.29 is 0 Å². The van der Waals surface area contributed by atoms with E-state index in [-0.39, 0.29) is 0 Å². The molecule has 0 aromatic heterocycles. The van der Waals surface area contributed by atoms with Crippen LogP contribution in [-0.4, -0.2) is 7.05 Å². The summed E-state index contributed by atoms with van der Waals surface area (Å²) in [6, 6.07) is 0. The van der Waals surface area contributed by atoms with E-state index in [9.17, 15) is 0 Å². The van der Waals surface area contributed by atoms with Crippen LogP contribution in [0.5, 0.6) is 0 Å². The summed E-state index contributed by atoms with van der Waals surface area (Å²) in [5.74, 6) is 6.08. The van der Waals surface area contributed by atoms with Gasteiger partial charge in [0.05, 0.1) is 0 Å². The molecular weight excluding hydrogens is 460 g/mol. The van der Waals surface area contributed by atoms with Crippen LogP contribution in [0.15, 0.2) is 96.0 Å². The van der Waals surface area contributed by atoms with Crippen LogP contribution in [0.25, 0.3) is 0 Å². The molecule has 0 spiro atoms. The van der Waals surface area contributed by atoms with Gasteiger partial charge in [-0.15, -0.1) is 0 Å². The van der Waals surface area contributed by atoms with E-state index in [0.29, 0.717) is 17.8 Å². The molecule has 5 aliphatic carbocycles. The van der Waals surface area contributed by atoms with Crippen molar-refractivity contribution >= 4 is 0 Å². The minimum Gasteiger partial charge on any atom is -0.405 e. The molecular formula is C36H50N2. The molecule has 0 aromatic rings. The van der Waals surface area contributed by atoms with Gasteiger partial charge in [0, 0.05) is 13.0 Å². The van der Waals surface area contributed by atoms with Gasteiger partial charge in [-0.1, -0.05) is 66.3 Å². The minimum atomic E-state index is 0.575. The van der Waals surface area contributed by atoms with Crippen LogP contribution in [0, 0.1) is 47.3 Å². The molecule has 0 radical (unpaired) electrons. The summed E-state index contributed by atoms with van der Waals surface area (Å²) in [5.41, 5.74) is 10.3. The summed E-state index contributed by atoms with van der Waals surface area (Å²) in [5, 5.41) is 3.33. The SMILES string of the molecule is C/C=C\C(=C/NC)C1CCC(C2CC=C(C3CC=C(/C=C/C=C\N)C4C=CCCC43)CC2)C2CCC=CC12. The van der Waals surface area contributed by atoms with Crippen molar-refractivity contribution in [3.63, 3.8) is 0 Å². The Hall–Kier alpha value is -2.48. The van der Waals surface area contributed by atoms with Gasteiger partial charge in [0.15, 0.2) is 0 Å². The molecule has 5 aliphatic rings. The van der Waals surface area contributed by atoms with Gasteiger partial charge in [-0.05, 0) is 142 Å². The van der Waals surface area contributed by atoms with Gasteiger partial charge in [0.25, 0.3) is 0 Å². The Bertz CT molecular complexity index is 1050. The Morgan fingerprint density at radius 1 is 0.921 bits per heavy atom. The molecule has 8 unspecified atom stereocenters. The number of rotatable bonds is 7. The summed E-state index contributed by atoms with van der Waals surface area (Å²) in [6.07, 6.45) is 43.2. The second kappa shape index (κ2) is 13.0. The van der Waals surface area contributed by atoms with Crippen LogP contribution < -0.4 is 11.1 Å². The van der Waals surface area contributed by atoms with Crippen molar-refractivity contribution in [2.45, 2.75) is 71.1 Å². The fourth-order valence-corrected chi connectivity index (χ4v) is 8.87. The molecule has 38 heavy (non-hydrogen) atoms. The highest BCUT2D eigenvalue weighted by Gasteiger charge is 2.43. The average molecular weight is 511 g/mol. The normalized spacial score (nSPS) is 37.8. The van der Waals surface area contributed by atoms with E-state index in [2.05, 4.69) is 79.2 Å². The quantitative estimate of drug-likeness (QED) is 0.266. The summed E-state index contributed by atoms with van der Waals surface area (Å²) in [4.78, 5) is 0. The molecule has 2 nitrogen and oxygen atoms in total. The smallest absolute Gasteiger partial charge is 0.00490 e. The van der Waals surface area contributed by atoms with Crippen LogP contribution in [0.3, 0.4) is 0 Å². The molecule has 1 saturated carbocycles. The molecule has 0 saturated heterocycles. The standard InChI is InChI=1S/C36H50N2/c1-3-10-29(25-38-2)33-23-22-32(35-14-6-7-15-36(33)35)28-18-16-27(17-19-28)31-21-20-26(11-8-9-24-37)30-12-4-5-13-34(30)31/h3-4,7-12,15-16,20,24-25,28,30-36,38H,5-6,13-14,17-19,21-23,37H2,1-2H3/b10-3-,11-8+,24-9-,29-25+. The zero-order chi connectivity index (χ0) is 26.3. The van der Waals surface area contributed by atoms with Crippen molar-refractivity contribution in [2.24, 2.45) is 53.1 Å². The van der Waals surface area contributed by atoms with Crippen molar-refractivity contribution in [1.29, 1.82) is 0 Å². The lowest BCUT2D eigenvalue weighted by Crippen LogP contribution is -2.40. The molecule has 0 heterocycles. The van der Waals surface area contributed by atoms with Gasteiger partial charge in [-0.3, -0.25) is 0 Å². The molecule has 5 rings (SSSR count). The summed E-state index contributed by atoms with van der Waals surface area (Å²) >= 11 is 0. The highest BCUT2D eigenvalue weighted by molar-refractivity contribution is 5.34. The van der Waals surface area contributed by atoms with Crippen molar-refractivity contribution in [2.75, 3.05) is 7.05 Å². The lowest BCUT2D eigenvalue weighted by atomic mass is 9.57. The van der Waals surface area contributed by atoms with Crippen molar-refractivity contribution in [3.8, 4) is 0 Å². The first-order valence-electron chi connectivity index (χ1n) is 15.5. The van der Waals surface area contributed by atoms with Gasteiger partial charge in [0.1, 0.15) is 0 Å². The maximum absolute atomic E-state index is 5.56. The Balaban J connectivity index is 1.29. The lowest BCUT2D eigenvalue weighted by molar-refractivity contribution is 0.0749. The Morgan fingerprint density at radius 3 is 2.53 bits per heavy atom. The van der Waals surface area contributed by atoms with E-state index in [1.807, 2.05) is 13.1 Å². The second-order valence-electron chi connectivity index (χ2n) is 12.3. The van der Waals surface area contributed by atoms with Gasteiger partial charge in [-0.2, -0.15) is 0 Å². The number of nitrogens with one attached hydrogen (secondary N) is 1. The maximum Gasteiger partial charge on any atom is 0.00490 e. The molecule has 1 fully saturated rings. The molecule has 3 N–H and O–H groups in total. The van der Waals surface area contributed by atoms with Crippen molar-refractivity contribution in [1.82, 2.24) is 5.32 Å². The fraction of sp³-hybridized carbons (Fsp3) is 0.556. The number of hydrogen-bond acceptors (Lipinski definition) is 2. The maximum atomic E-state index is 5.56. The Kier molecular flexibility index (Phi) is 9.31. The number of hydrogen-bond donors (Lipinski definition) is 2. The largest absolute Gasteiger partial charge is 0.405 e. The third kappa shape index (κ3) is 5.75. The van der Waals surface area contributed by atoms with Gasteiger partial charge in [-0.25, -0.2) is 0 Å². The van der Waals surface area contributed by atoms with Crippen molar-refractivity contribution in [3.05, 3.63) is 96.0 Å². The van der Waals surface area contributed by atoms with Gasteiger partial charge in [0.2, 0.25) is 0 Å². The van der Waals surface area contributed by atoms with E-state index in [1.54, 1.807) is 11.8 Å². The number of allylic oxidation sites excluding steroid dienone is 14. The highest BCUT2D eigenvalue weighted by Crippen LogP contribution is 2.53. The summed E-state index contributed by atoms with van der Waals surface area (Å²) in [6.45, 7) is 2.15. The lowest BCUT2D eigenvalue weighted by Gasteiger charge is -2.48. The zero-order valence-electron chi connectivity index (χ0n) is 23.8. The highest BCUT2D eigenvalue weighted by atomic mass is 14.8. The third-order valence-corrected chi connectivity index (χ3v) is 10.5. The molecule has 0 aliphatic heterocycles. The van der Waals surface area contributed by atoms with E-state index in [1.165, 1.54) is 75.4 Å². The Morgan fingerprint density at radius 2 is 1.76 bits per heavy atom. The van der Waals surface area contributed by atoms with Crippen LogP contribution >= 0.6 is 0 Å². The first-order valence-corrected chi connectivity index (χ1v) is 15.5. The monoisotopic (exact) mass is 510 g/mol. The average Bonchev–Trinajstić information content (AvgIpc) is 2.97. The van der Waals surface area contributed by atoms with E-state index in [0.717, 1.165) is 29.6 Å². The Labute approximate surface area is 232 Å². The van der Waals surface area contributed by atoms with Gasteiger partial charge >= 0.3 is 0 Å². The van der Waals surface area contributed by atoms with E-state index in [4.69, 9.17) is 5.73 Å². The van der Waals surface area contributed by atoms with Gasteiger partial charge < -0.3 is 11.1 Å². The van der Waals surface area contributed by atoms with Crippen LogP contribution in [0.1, 0.15) is 71.1 Å². The third-order valence-electron chi connectivity index (χ3n) is 10.5. The number of nitrogens with two attached hydrogens (primary N) is 1. The predicted molar refractivity (Wildman–Crippen MR) is 163 cm³/mol.